The van der Waals surface area contributed by atoms with E-state index in [9.17, 15) is 18.0 Å². The van der Waals surface area contributed by atoms with Gasteiger partial charge >= 0.3 is 6.18 Å². The Morgan fingerprint density at radius 2 is 1.79 bits per heavy atom. The van der Waals surface area contributed by atoms with Gasteiger partial charge in [-0.1, -0.05) is 0 Å². The van der Waals surface area contributed by atoms with Crippen molar-refractivity contribution in [3.63, 3.8) is 0 Å². The number of hydrogen-bond donors (Lipinski definition) is 3. The van der Waals surface area contributed by atoms with Gasteiger partial charge in [0.25, 0.3) is 5.91 Å². The Bertz CT molecular complexity index is 478. The summed E-state index contributed by atoms with van der Waals surface area (Å²) in [7, 11) is 0. The molecular weight excluding hydrogens is 259 g/mol. The van der Waals surface area contributed by atoms with E-state index < -0.39 is 23.2 Å². The molecule has 106 valence electrons. The number of nitrogen functional groups attached to an aromatic ring is 1. The normalized spacial score (nSPS) is 12.2. The number of hydrogen-bond acceptors (Lipinski definition) is 3. The molecule has 1 amide bonds. The molecule has 1 rings (SSSR count). The van der Waals surface area contributed by atoms with E-state index in [2.05, 4.69) is 10.7 Å². The van der Waals surface area contributed by atoms with Crippen molar-refractivity contribution >= 4 is 11.6 Å². The van der Waals surface area contributed by atoms with Gasteiger partial charge in [-0.2, -0.15) is 13.2 Å². The quantitative estimate of drug-likeness (QED) is 0.574. The Hall–Kier alpha value is -1.76. The standard InChI is InChI=1S/C12H16F3N3O/c1-11(2,3)17-10(19)8-6-7(12(13,14)15)4-5-9(8)18-16/h4-6,18H,16H2,1-3H3,(H,17,19). The fraction of sp³-hybridized carbons (Fsp3) is 0.417. The molecule has 4 N–H and O–H groups in total. The molecule has 0 heterocycles. The lowest BCUT2D eigenvalue weighted by Crippen LogP contribution is -2.41. The molecule has 0 unspecified atom stereocenters. The van der Waals surface area contributed by atoms with E-state index in [4.69, 9.17) is 5.84 Å². The van der Waals surface area contributed by atoms with Crippen molar-refractivity contribution in [1.82, 2.24) is 5.32 Å². The number of carbonyl (C=O) groups is 1. The molecule has 0 atom stereocenters. The Balaban J connectivity index is 3.20. The average molecular weight is 275 g/mol. The van der Waals surface area contributed by atoms with E-state index in [1.165, 1.54) is 0 Å². The summed E-state index contributed by atoms with van der Waals surface area (Å²) >= 11 is 0. The van der Waals surface area contributed by atoms with Gasteiger partial charge in [0.05, 0.1) is 16.8 Å². The molecule has 0 aliphatic rings. The van der Waals surface area contributed by atoms with Crippen molar-refractivity contribution < 1.29 is 18.0 Å². The molecule has 0 aliphatic carbocycles. The highest BCUT2D eigenvalue weighted by Gasteiger charge is 2.32. The lowest BCUT2D eigenvalue weighted by Gasteiger charge is -2.22. The fourth-order valence-electron chi connectivity index (χ4n) is 1.44. The first kappa shape index (κ1) is 15.3. The Morgan fingerprint density at radius 3 is 2.21 bits per heavy atom. The Labute approximate surface area is 109 Å². The predicted molar refractivity (Wildman–Crippen MR) is 66.5 cm³/mol. The molecular formula is C12H16F3N3O. The highest BCUT2D eigenvalue weighted by molar-refractivity contribution is 6.00. The maximum Gasteiger partial charge on any atom is 0.416 e. The van der Waals surface area contributed by atoms with E-state index in [1.54, 1.807) is 20.8 Å². The van der Waals surface area contributed by atoms with Crippen molar-refractivity contribution in [2.24, 2.45) is 5.84 Å². The summed E-state index contributed by atoms with van der Waals surface area (Å²) in [6, 6.07) is 2.76. The summed E-state index contributed by atoms with van der Waals surface area (Å²) in [5, 5.41) is 2.59. The van der Waals surface area contributed by atoms with Crippen molar-refractivity contribution in [1.29, 1.82) is 0 Å². The van der Waals surface area contributed by atoms with Crippen LogP contribution in [0.5, 0.6) is 0 Å². The second-order valence-corrected chi connectivity index (χ2v) is 5.11. The number of halogens is 3. The number of hydrazine groups is 1. The first-order valence-electron chi connectivity index (χ1n) is 5.55. The molecule has 4 nitrogen and oxygen atoms in total. The number of benzene rings is 1. The van der Waals surface area contributed by atoms with Gasteiger partial charge in [-0.25, -0.2) is 0 Å². The van der Waals surface area contributed by atoms with Crippen molar-refractivity contribution in [3.8, 4) is 0 Å². The van der Waals surface area contributed by atoms with E-state index >= 15 is 0 Å². The van der Waals surface area contributed by atoms with E-state index in [0.29, 0.717) is 0 Å². The SMILES string of the molecule is CC(C)(C)NC(=O)c1cc(C(F)(F)F)ccc1NN. The van der Waals surface area contributed by atoms with Gasteiger partial charge in [0.15, 0.2) is 0 Å². The lowest BCUT2D eigenvalue weighted by atomic mass is 10.0. The minimum Gasteiger partial charge on any atom is -0.347 e. The van der Waals surface area contributed by atoms with Crippen LogP contribution in [0.15, 0.2) is 18.2 Å². The van der Waals surface area contributed by atoms with Gasteiger partial charge < -0.3 is 10.7 Å². The van der Waals surface area contributed by atoms with Gasteiger partial charge in [0.2, 0.25) is 0 Å². The van der Waals surface area contributed by atoms with Gasteiger partial charge in [0, 0.05) is 5.54 Å². The van der Waals surface area contributed by atoms with E-state index in [0.717, 1.165) is 18.2 Å². The minimum atomic E-state index is -4.51. The largest absolute Gasteiger partial charge is 0.416 e. The van der Waals surface area contributed by atoms with Crippen LogP contribution in [0.25, 0.3) is 0 Å². The molecule has 7 heteroatoms. The van der Waals surface area contributed by atoms with Crippen LogP contribution in [0.1, 0.15) is 36.7 Å². The molecule has 0 bridgehead atoms. The summed E-state index contributed by atoms with van der Waals surface area (Å²) in [5.74, 6) is 4.58. The smallest absolute Gasteiger partial charge is 0.347 e. The first-order chi connectivity index (χ1) is 8.54. The molecule has 1 aromatic carbocycles. The number of alkyl halides is 3. The van der Waals surface area contributed by atoms with Crippen LogP contribution >= 0.6 is 0 Å². The van der Waals surface area contributed by atoms with Crippen LogP contribution in [0.3, 0.4) is 0 Å². The van der Waals surface area contributed by atoms with Gasteiger partial charge in [-0.05, 0) is 39.0 Å². The monoisotopic (exact) mass is 275 g/mol. The van der Waals surface area contributed by atoms with Gasteiger partial charge in [-0.3, -0.25) is 10.6 Å². The van der Waals surface area contributed by atoms with Crippen molar-refractivity contribution in [2.45, 2.75) is 32.5 Å². The second kappa shape index (κ2) is 5.08. The number of nitrogens with one attached hydrogen (secondary N) is 2. The first-order valence-corrected chi connectivity index (χ1v) is 5.55. The summed E-state index contributed by atoms with van der Waals surface area (Å²) < 4.78 is 37.9. The molecule has 0 spiro atoms. The van der Waals surface area contributed by atoms with Crippen molar-refractivity contribution in [2.75, 3.05) is 5.43 Å². The number of carbonyl (C=O) groups excluding carboxylic acids is 1. The Kier molecular flexibility index (Phi) is 4.09. The molecule has 0 aliphatic heterocycles. The minimum absolute atomic E-state index is 0.134. The summed E-state index contributed by atoms with van der Waals surface area (Å²) in [5.41, 5.74) is 0.745. The molecule has 1 aromatic rings. The van der Waals surface area contributed by atoms with Gasteiger partial charge in [-0.15, -0.1) is 0 Å². The average Bonchev–Trinajstić information content (AvgIpc) is 2.24. The zero-order chi connectivity index (χ0) is 14.8. The highest BCUT2D eigenvalue weighted by atomic mass is 19.4. The van der Waals surface area contributed by atoms with E-state index in [-0.39, 0.29) is 11.3 Å². The number of amides is 1. The highest BCUT2D eigenvalue weighted by Crippen LogP contribution is 2.31. The number of rotatable bonds is 2. The molecule has 0 saturated heterocycles. The summed E-state index contributed by atoms with van der Waals surface area (Å²) in [4.78, 5) is 11.9. The van der Waals surface area contributed by atoms with Crippen molar-refractivity contribution in [3.05, 3.63) is 29.3 Å². The van der Waals surface area contributed by atoms with Crippen LogP contribution in [0.2, 0.25) is 0 Å². The molecule has 0 fully saturated rings. The zero-order valence-corrected chi connectivity index (χ0v) is 10.9. The van der Waals surface area contributed by atoms with Crippen LogP contribution in [0.4, 0.5) is 18.9 Å². The second-order valence-electron chi connectivity index (χ2n) is 5.11. The molecule has 0 saturated carbocycles. The van der Waals surface area contributed by atoms with E-state index in [1.807, 2.05) is 0 Å². The Morgan fingerprint density at radius 1 is 1.21 bits per heavy atom. The topological polar surface area (TPSA) is 67.2 Å². The number of anilines is 1. The maximum absolute atomic E-state index is 12.6. The lowest BCUT2D eigenvalue weighted by molar-refractivity contribution is -0.137. The van der Waals surface area contributed by atoms with Crippen LogP contribution in [-0.4, -0.2) is 11.4 Å². The fourth-order valence-corrected chi connectivity index (χ4v) is 1.44. The molecule has 19 heavy (non-hydrogen) atoms. The third kappa shape index (κ3) is 4.13. The zero-order valence-electron chi connectivity index (χ0n) is 10.9. The molecule has 0 radical (unpaired) electrons. The summed E-state index contributed by atoms with van der Waals surface area (Å²) in [6.07, 6.45) is -4.51. The van der Waals surface area contributed by atoms with Gasteiger partial charge in [0.1, 0.15) is 0 Å². The van der Waals surface area contributed by atoms with Crippen LogP contribution in [-0.2, 0) is 6.18 Å². The van der Waals surface area contributed by atoms with Crippen LogP contribution in [0, 0.1) is 0 Å². The third-order valence-corrected chi connectivity index (χ3v) is 2.24. The molecule has 0 aromatic heterocycles. The number of nitrogens with two attached hydrogens (primary N) is 1. The third-order valence-electron chi connectivity index (χ3n) is 2.24. The summed E-state index contributed by atoms with van der Waals surface area (Å²) in [6.45, 7) is 5.19. The maximum atomic E-state index is 12.6. The van der Waals surface area contributed by atoms with Crippen LogP contribution < -0.4 is 16.6 Å². The predicted octanol–water partition coefficient (Wildman–Crippen LogP) is 2.52.